The number of hydrogen-bond acceptors (Lipinski definition) is 3. The van der Waals surface area contributed by atoms with Gasteiger partial charge in [0.25, 0.3) is 0 Å². The summed E-state index contributed by atoms with van der Waals surface area (Å²) >= 11 is 5.76. The third-order valence-corrected chi connectivity index (χ3v) is 5.62. The van der Waals surface area contributed by atoms with Crippen LogP contribution in [0.1, 0.15) is 19.3 Å². The van der Waals surface area contributed by atoms with Crippen molar-refractivity contribution in [3.8, 4) is 6.07 Å². The average Bonchev–Trinajstić information content (AvgIpc) is 2.16. The van der Waals surface area contributed by atoms with E-state index in [0.717, 1.165) is 6.42 Å². The number of sulfone groups is 1. The number of nitriles is 1. The van der Waals surface area contributed by atoms with Crippen LogP contribution >= 0.6 is 11.6 Å². The molecule has 0 radical (unpaired) electrons. The molecule has 0 spiro atoms. The highest BCUT2D eigenvalue weighted by Gasteiger charge is 2.50. The van der Waals surface area contributed by atoms with Crippen molar-refractivity contribution in [2.24, 2.45) is 0 Å². The number of hydrogen-bond donors (Lipinski definition) is 0. The van der Waals surface area contributed by atoms with E-state index < -0.39 is 14.6 Å². The van der Waals surface area contributed by atoms with Gasteiger partial charge in [-0.25, -0.2) is 8.42 Å². The predicted molar refractivity (Wildman–Crippen MR) is 60.8 cm³/mol. The molecule has 0 bridgehead atoms. The second kappa shape index (κ2) is 3.76. The van der Waals surface area contributed by atoms with Crippen LogP contribution in [0.2, 0.25) is 5.02 Å². The Balaban J connectivity index is 2.52. The van der Waals surface area contributed by atoms with Gasteiger partial charge in [0.05, 0.1) is 11.0 Å². The Morgan fingerprint density at radius 1 is 1.38 bits per heavy atom. The van der Waals surface area contributed by atoms with Crippen LogP contribution in [0, 0.1) is 11.3 Å². The molecule has 1 aliphatic carbocycles. The van der Waals surface area contributed by atoms with Gasteiger partial charge in [0, 0.05) is 5.02 Å². The standard InChI is InChI=1S/C11H10ClNO2S/c12-9-3-1-4-10(7-9)16(14,15)11(8-13)5-2-6-11/h1,3-4,7H,2,5-6H2. The topological polar surface area (TPSA) is 57.9 Å². The molecule has 1 saturated carbocycles. The van der Waals surface area contributed by atoms with E-state index in [1.807, 2.05) is 6.07 Å². The summed E-state index contributed by atoms with van der Waals surface area (Å²) in [4.78, 5) is 0.140. The summed E-state index contributed by atoms with van der Waals surface area (Å²) < 4.78 is 23.3. The Kier molecular flexibility index (Phi) is 2.69. The lowest BCUT2D eigenvalue weighted by Gasteiger charge is -2.34. The van der Waals surface area contributed by atoms with Gasteiger partial charge in [-0.05, 0) is 37.5 Å². The van der Waals surface area contributed by atoms with E-state index in [0.29, 0.717) is 17.9 Å². The van der Waals surface area contributed by atoms with Crippen LogP contribution < -0.4 is 0 Å². The Labute approximate surface area is 99.6 Å². The highest BCUT2D eigenvalue weighted by molar-refractivity contribution is 7.93. The van der Waals surface area contributed by atoms with Gasteiger partial charge in [0.1, 0.15) is 0 Å². The third kappa shape index (κ3) is 1.51. The van der Waals surface area contributed by atoms with E-state index in [9.17, 15) is 8.42 Å². The third-order valence-electron chi connectivity index (χ3n) is 2.99. The summed E-state index contributed by atoms with van der Waals surface area (Å²) in [6.45, 7) is 0. The summed E-state index contributed by atoms with van der Waals surface area (Å²) in [7, 11) is -3.58. The lowest BCUT2D eigenvalue weighted by Crippen LogP contribution is -2.43. The van der Waals surface area contributed by atoms with Gasteiger partial charge in [0.2, 0.25) is 0 Å². The second-order valence-corrected chi connectivity index (χ2v) is 6.62. The fourth-order valence-electron chi connectivity index (χ4n) is 1.80. The van der Waals surface area contributed by atoms with Crippen LogP contribution in [-0.2, 0) is 9.84 Å². The lowest BCUT2D eigenvalue weighted by atomic mass is 9.86. The summed E-state index contributed by atoms with van der Waals surface area (Å²) in [5.41, 5.74) is 0. The zero-order valence-corrected chi connectivity index (χ0v) is 10.1. The molecule has 1 aliphatic rings. The summed E-state index contributed by atoms with van der Waals surface area (Å²) in [5.74, 6) is 0. The molecule has 1 aromatic rings. The molecule has 2 rings (SSSR count). The summed E-state index contributed by atoms with van der Waals surface area (Å²) in [6.07, 6.45) is 1.62. The fourth-order valence-corrected chi connectivity index (χ4v) is 3.99. The number of nitrogens with zero attached hydrogens (tertiary/aromatic N) is 1. The van der Waals surface area contributed by atoms with Gasteiger partial charge in [-0.1, -0.05) is 17.7 Å². The molecule has 0 atom stereocenters. The maximum Gasteiger partial charge on any atom is 0.197 e. The van der Waals surface area contributed by atoms with Crippen LogP contribution in [0.25, 0.3) is 0 Å². The molecule has 1 aromatic carbocycles. The molecule has 5 heteroatoms. The highest BCUT2D eigenvalue weighted by Crippen LogP contribution is 2.42. The SMILES string of the molecule is N#CC1(S(=O)(=O)c2cccc(Cl)c2)CCC1. The molecule has 0 aliphatic heterocycles. The number of benzene rings is 1. The first-order valence-corrected chi connectivity index (χ1v) is 6.79. The van der Waals surface area contributed by atoms with Crippen molar-refractivity contribution in [2.45, 2.75) is 28.9 Å². The van der Waals surface area contributed by atoms with Crippen LogP contribution in [0.4, 0.5) is 0 Å². The van der Waals surface area contributed by atoms with Crippen LogP contribution in [0.15, 0.2) is 29.2 Å². The Morgan fingerprint density at radius 3 is 2.50 bits per heavy atom. The van der Waals surface area contributed by atoms with Crippen molar-refractivity contribution < 1.29 is 8.42 Å². The van der Waals surface area contributed by atoms with Crippen LogP contribution in [0.5, 0.6) is 0 Å². The predicted octanol–water partition coefficient (Wildman–Crippen LogP) is 2.56. The van der Waals surface area contributed by atoms with Crippen molar-refractivity contribution in [1.29, 1.82) is 5.26 Å². The molecule has 84 valence electrons. The molecule has 0 saturated heterocycles. The van der Waals surface area contributed by atoms with E-state index in [1.165, 1.54) is 12.1 Å². The lowest BCUT2D eigenvalue weighted by molar-refractivity contribution is 0.406. The van der Waals surface area contributed by atoms with Crippen molar-refractivity contribution in [1.82, 2.24) is 0 Å². The Hall–Kier alpha value is -1.05. The first kappa shape index (κ1) is 11.4. The zero-order chi connectivity index (χ0) is 11.8. The molecule has 3 nitrogen and oxygen atoms in total. The van der Waals surface area contributed by atoms with E-state index in [4.69, 9.17) is 16.9 Å². The Morgan fingerprint density at radius 2 is 2.06 bits per heavy atom. The first-order chi connectivity index (χ1) is 7.52. The number of halogens is 1. The molecule has 1 fully saturated rings. The van der Waals surface area contributed by atoms with E-state index in [-0.39, 0.29) is 4.90 Å². The van der Waals surface area contributed by atoms with Gasteiger partial charge in [0.15, 0.2) is 14.6 Å². The van der Waals surface area contributed by atoms with Crippen molar-refractivity contribution >= 4 is 21.4 Å². The van der Waals surface area contributed by atoms with Gasteiger partial charge in [-0.3, -0.25) is 0 Å². The highest BCUT2D eigenvalue weighted by atomic mass is 35.5. The van der Waals surface area contributed by atoms with Crippen molar-refractivity contribution in [3.63, 3.8) is 0 Å². The summed E-state index contributed by atoms with van der Waals surface area (Å²) in [6, 6.07) is 8.02. The van der Waals surface area contributed by atoms with Crippen LogP contribution in [0.3, 0.4) is 0 Å². The minimum Gasteiger partial charge on any atom is -0.222 e. The average molecular weight is 256 g/mol. The normalized spacial score (nSPS) is 18.5. The quantitative estimate of drug-likeness (QED) is 0.816. The molecular formula is C11H10ClNO2S. The summed E-state index contributed by atoms with van der Waals surface area (Å²) in [5, 5.41) is 9.41. The van der Waals surface area contributed by atoms with E-state index in [1.54, 1.807) is 12.1 Å². The second-order valence-electron chi connectivity index (χ2n) is 3.92. The van der Waals surface area contributed by atoms with Gasteiger partial charge in [-0.2, -0.15) is 5.26 Å². The maximum absolute atomic E-state index is 12.2. The van der Waals surface area contributed by atoms with Gasteiger partial charge < -0.3 is 0 Å². The molecule has 0 N–H and O–H groups in total. The van der Waals surface area contributed by atoms with Crippen molar-refractivity contribution in [2.75, 3.05) is 0 Å². The largest absolute Gasteiger partial charge is 0.222 e. The van der Waals surface area contributed by atoms with Gasteiger partial charge in [-0.15, -0.1) is 0 Å². The molecule has 0 heterocycles. The molecule has 0 aromatic heterocycles. The van der Waals surface area contributed by atoms with E-state index >= 15 is 0 Å². The maximum atomic E-state index is 12.2. The number of rotatable bonds is 2. The molecular weight excluding hydrogens is 246 g/mol. The van der Waals surface area contributed by atoms with E-state index in [2.05, 4.69) is 0 Å². The smallest absolute Gasteiger partial charge is 0.197 e. The minimum absolute atomic E-state index is 0.140. The van der Waals surface area contributed by atoms with Crippen LogP contribution in [-0.4, -0.2) is 13.2 Å². The molecule has 0 unspecified atom stereocenters. The molecule has 16 heavy (non-hydrogen) atoms. The first-order valence-electron chi connectivity index (χ1n) is 4.93. The molecule has 0 amide bonds. The monoisotopic (exact) mass is 255 g/mol. The Bertz CT molecular complexity index is 556. The van der Waals surface area contributed by atoms with Gasteiger partial charge >= 0.3 is 0 Å². The minimum atomic E-state index is -3.58. The zero-order valence-electron chi connectivity index (χ0n) is 8.48. The fraction of sp³-hybridized carbons (Fsp3) is 0.364. The van der Waals surface area contributed by atoms with Crippen molar-refractivity contribution in [3.05, 3.63) is 29.3 Å².